The minimum Gasteiger partial charge on any atom is -0.507 e. The Hall–Kier alpha value is -7.11. The Labute approximate surface area is 299 Å². The number of furan rings is 1. The van der Waals surface area contributed by atoms with Crippen LogP contribution in [0.3, 0.4) is 0 Å². The zero-order valence-electron chi connectivity index (χ0n) is 27.9. The van der Waals surface area contributed by atoms with Crippen LogP contribution in [0.4, 0.5) is 0 Å². The van der Waals surface area contributed by atoms with Crippen molar-refractivity contribution in [2.75, 3.05) is 0 Å². The average molecular weight is 668 g/mol. The van der Waals surface area contributed by atoms with Crippen molar-refractivity contribution in [1.82, 2.24) is 15.0 Å². The van der Waals surface area contributed by atoms with E-state index >= 15 is 0 Å². The molecule has 0 aliphatic rings. The zero-order chi connectivity index (χ0) is 34.6. The fraction of sp³-hybridized carbons (Fsp3) is 0. The second-order valence-electron chi connectivity index (χ2n) is 12.9. The Morgan fingerprint density at radius 1 is 0.385 bits per heavy atom. The first-order valence-corrected chi connectivity index (χ1v) is 17.3. The Morgan fingerprint density at radius 2 is 1.00 bits per heavy atom. The van der Waals surface area contributed by atoms with Crippen molar-refractivity contribution in [2.45, 2.75) is 0 Å². The van der Waals surface area contributed by atoms with Crippen molar-refractivity contribution in [3.05, 3.63) is 170 Å². The molecule has 52 heavy (non-hydrogen) atoms. The molecule has 0 fully saturated rings. The Bertz CT molecular complexity index is 2970. The van der Waals surface area contributed by atoms with Gasteiger partial charge in [0.15, 0.2) is 17.5 Å². The smallest absolute Gasteiger partial charge is 0.165 e. The van der Waals surface area contributed by atoms with E-state index in [0.717, 1.165) is 65.9 Å². The molecule has 0 amide bonds. The van der Waals surface area contributed by atoms with E-state index < -0.39 is 0 Å². The molecule has 0 saturated carbocycles. The number of nitrogens with zero attached hydrogens (tertiary/aromatic N) is 3. The van der Waals surface area contributed by atoms with E-state index in [4.69, 9.17) is 19.4 Å². The van der Waals surface area contributed by atoms with E-state index in [0.29, 0.717) is 28.6 Å². The lowest BCUT2D eigenvalue weighted by Gasteiger charge is -2.18. The molecule has 0 saturated heterocycles. The van der Waals surface area contributed by atoms with E-state index in [1.54, 1.807) is 6.07 Å². The van der Waals surface area contributed by atoms with Gasteiger partial charge in [-0.05, 0) is 68.6 Å². The summed E-state index contributed by atoms with van der Waals surface area (Å²) < 4.78 is 6.34. The standard InChI is InChI=1S/C47H29N3O2/c51-39-27-26-36(35-23-13-25-41-43(35)37-22-11-12-24-40(37)52-41)44(42(39)29-14-3-1-4-15-29)47-49-45(30-16-5-2-6-17-30)48-46(50-47)38-28-31-18-7-8-19-32(31)33-20-9-10-21-34(33)38/h1-28,51H. The number of para-hydroxylation sites is 1. The average Bonchev–Trinajstić information content (AvgIpc) is 3.60. The SMILES string of the molecule is Oc1ccc(-c2cccc3oc4ccccc4c23)c(-c2nc(-c3ccccc3)nc(-c3cc4ccccc4c4ccccc34)n2)c1-c1ccccc1. The van der Waals surface area contributed by atoms with Crippen LogP contribution in [0.25, 0.3) is 99.9 Å². The Morgan fingerprint density at radius 3 is 1.81 bits per heavy atom. The van der Waals surface area contributed by atoms with Gasteiger partial charge in [0.1, 0.15) is 16.9 Å². The first-order chi connectivity index (χ1) is 25.7. The van der Waals surface area contributed by atoms with Crippen LogP contribution in [0.1, 0.15) is 0 Å². The summed E-state index contributed by atoms with van der Waals surface area (Å²) in [5.74, 6) is 1.67. The maximum atomic E-state index is 11.8. The lowest BCUT2D eigenvalue weighted by molar-refractivity contribution is 0.477. The molecular formula is C47H29N3O2. The van der Waals surface area contributed by atoms with E-state index in [1.807, 2.05) is 97.1 Å². The van der Waals surface area contributed by atoms with Gasteiger partial charge in [0.25, 0.3) is 0 Å². The van der Waals surface area contributed by atoms with Gasteiger partial charge >= 0.3 is 0 Å². The fourth-order valence-corrected chi connectivity index (χ4v) is 7.51. The number of rotatable bonds is 5. The van der Waals surface area contributed by atoms with Gasteiger partial charge in [-0.25, -0.2) is 15.0 Å². The lowest BCUT2D eigenvalue weighted by atomic mass is 9.88. The predicted molar refractivity (Wildman–Crippen MR) is 211 cm³/mol. The lowest BCUT2D eigenvalue weighted by Crippen LogP contribution is -2.03. The van der Waals surface area contributed by atoms with E-state index in [-0.39, 0.29) is 5.75 Å². The predicted octanol–water partition coefficient (Wildman–Crippen LogP) is 12.1. The molecule has 1 N–H and O–H groups in total. The van der Waals surface area contributed by atoms with Crippen LogP contribution < -0.4 is 0 Å². The summed E-state index contributed by atoms with van der Waals surface area (Å²) in [6, 6.07) is 56.8. The number of aromatic hydroxyl groups is 1. The number of fused-ring (bicyclic) bond motifs is 6. The highest BCUT2D eigenvalue weighted by Gasteiger charge is 2.25. The van der Waals surface area contributed by atoms with Crippen molar-refractivity contribution in [1.29, 1.82) is 0 Å². The first kappa shape index (κ1) is 29.8. The van der Waals surface area contributed by atoms with Gasteiger partial charge < -0.3 is 9.52 Å². The highest BCUT2D eigenvalue weighted by atomic mass is 16.3. The monoisotopic (exact) mass is 667 g/mol. The van der Waals surface area contributed by atoms with Crippen LogP contribution in [0.5, 0.6) is 5.75 Å². The van der Waals surface area contributed by atoms with Crippen LogP contribution in [0.2, 0.25) is 0 Å². The molecule has 0 aliphatic carbocycles. The van der Waals surface area contributed by atoms with Gasteiger partial charge in [-0.1, -0.05) is 140 Å². The molecule has 2 heterocycles. The number of benzene rings is 8. The summed E-state index contributed by atoms with van der Waals surface area (Å²) >= 11 is 0. The van der Waals surface area contributed by atoms with E-state index in [1.165, 1.54) is 5.39 Å². The molecule has 0 spiro atoms. The van der Waals surface area contributed by atoms with E-state index in [2.05, 4.69) is 66.7 Å². The van der Waals surface area contributed by atoms with Crippen LogP contribution in [-0.2, 0) is 0 Å². The molecule has 0 aliphatic heterocycles. The number of aromatic nitrogens is 3. The summed E-state index contributed by atoms with van der Waals surface area (Å²) in [6.45, 7) is 0. The van der Waals surface area contributed by atoms with Crippen molar-refractivity contribution in [3.63, 3.8) is 0 Å². The summed E-state index contributed by atoms with van der Waals surface area (Å²) in [4.78, 5) is 15.7. The quantitative estimate of drug-likeness (QED) is 0.185. The summed E-state index contributed by atoms with van der Waals surface area (Å²) in [7, 11) is 0. The summed E-state index contributed by atoms with van der Waals surface area (Å²) in [6.07, 6.45) is 0. The van der Waals surface area contributed by atoms with Crippen LogP contribution in [0, 0.1) is 0 Å². The molecule has 2 aromatic heterocycles. The van der Waals surface area contributed by atoms with Gasteiger partial charge in [-0.15, -0.1) is 0 Å². The maximum Gasteiger partial charge on any atom is 0.165 e. The van der Waals surface area contributed by atoms with Crippen LogP contribution in [0.15, 0.2) is 174 Å². The molecule has 8 aromatic carbocycles. The normalized spacial score (nSPS) is 11.5. The number of phenolic OH excluding ortho intramolecular Hbond substituents is 1. The molecule has 0 atom stereocenters. The topological polar surface area (TPSA) is 72.0 Å². The second-order valence-corrected chi connectivity index (χ2v) is 12.9. The van der Waals surface area contributed by atoms with Crippen LogP contribution in [-0.4, -0.2) is 20.1 Å². The minimum atomic E-state index is 0.133. The zero-order valence-corrected chi connectivity index (χ0v) is 27.9. The largest absolute Gasteiger partial charge is 0.507 e. The molecule has 244 valence electrons. The molecular weight excluding hydrogens is 639 g/mol. The van der Waals surface area contributed by atoms with Crippen molar-refractivity contribution in [2.24, 2.45) is 0 Å². The van der Waals surface area contributed by atoms with Gasteiger partial charge in [-0.2, -0.15) is 0 Å². The second kappa shape index (κ2) is 12.0. The fourth-order valence-electron chi connectivity index (χ4n) is 7.51. The maximum absolute atomic E-state index is 11.8. The van der Waals surface area contributed by atoms with Crippen molar-refractivity contribution >= 4 is 43.5 Å². The number of hydrogen-bond acceptors (Lipinski definition) is 5. The van der Waals surface area contributed by atoms with Crippen molar-refractivity contribution < 1.29 is 9.52 Å². The number of hydrogen-bond donors (Lipinski definition) is 1. The number of phenols is 1. The van der Waals surface area contributed by atoms with Gasteiger partial charge in [0.05, 0.1) is 0 Å². The summed E-state index contributed by atoms with van der Waals surface area (Å²) in [5.41, 5.74) is 7.37. The highest BCUT2D eigenvalue weighted by Crippen LogP contribution is 2.47. The minimum absolute atomic E-state index is 0.133. The summed E-state index contributed by atoms with van der Waals surface area (Å²) in [5, 5.41) is 18.2. The molecule has 5 heteroatoms. The molecule has 5 nitrogen and oxygen atoms in total. The van der Waals surface area contributed by atoms with Gasteiger partial charge in [0, 0.05) is 33.0 Å². The Kier molecular flexibility index (Phi) is 6.89. The molecule has 10 aromatic rings. The molecule has 0 unspecified atom stereocenters. The first-order valence-electron chi connectivity index (χ1n) is 17.3. The van der Waals surface area contributed by atoms with Gasteiger partial charge in [-0.3, -0.25) is 0 Å². The van der Waals surface area contributed by atoms with Crippen LogP contribution >= 0.6 is 0 Å². The molecule has 0 radical (unpaired) electrons. The highest BCUT2D eigenvalue weighted by molar-refractivity contribution is 6.15. The molecule has 0 bridgehead atoms. The third-order valence-electron chi connectivity index (χ3n) is 9.84. The van der Waals surface area contributed by atoms with Crippen molar-refractivity contribution in [3.8, 4) is 62.2 Å². The van der Waals surface area contributed by atoms with Gasteiger partial charge in [0.2, 0.25) is 0 Å². The van der Waals surface area contributed by atoms with E-state index in [9.17, 15) is 5.11 Å². The molecule has 10 rings (SSSR count). The third kappa shape index (κ3) is 4.83. The Balaban J connectivity index is 1.34. The third-order valence-corrected chi connectivity index (χ3v) is 9.84.